The van der Waals surface area contributed by atoms with Crippen LogP contribution in [0.25, 0.3) is 0 Å². The molecule has 1 fully saturated rings. The first-order valence-corrected chi connectivity index (χ1v) is 6.82. The molecule has 0 spiro atoms. The highest BCUT2D eigenvalue weighted by Crippen LogP contribution is 2.21. The molecule has 20 heavy (non-hydrogen) atoms. The van der Waals surface area contributed by atoms with E-state index in [1.54, 1.807) is 27.7 Å². The Morgan fingerprint density at radius 2 is 1.95 bits per heavy atom. The third-order valence-corrected chi connectivity index (χ3v) is 4.06. The number of rotatable bonds is 4. The van der Waals surface area contributed by atoms with Crippen molar-refractivity contribution in [1.82, 2.24) is 15.5 Å². The molecule has 1 aliphatic heterocycles. The fraction of sp³-hybridized carbons (Fsp3) is 0.769. The molecule has 0 aromatic rings. The summed E-state index contributed by atoms with van der Waals surface area (Å²) < 4.78 is 0. The molecule has 0 atom stereocenters. The van der Waals surface area contributed by atoms with Crippen LogP contribution in [0.15, 0.2) is 0 Å². The van der Waals surface area contributed by atoms with Crippen molar-refractivity contribution in [2.24, 2.45) is 0 Å². The van der Waals surface area contributed by atoms with Gasteiger partial charge in [0.2, 0.25) is 5.91 Å². The van der Waals surface area contributed by atoms with E-state index in [1.807, 2.05) is 0 Å². The van der Waals surface area contributed by atoms with E-state index in [0.717, 1.165) is 0 Å². The number of urea groups is 1. The van der Waals surface area contributed by atoms with Crippen molar-refractivity contribution >= 4 is 17.9 Å². The van der Waals surface area contributed by atoms with Gasteiger partial charge in [-0.05, 0) is 26.7 Å². The molecular weight excluding hydrogens is 262 g/mol. The number of carbonyl (C=O) groups excluding carboxylic acids is 2. The molecule has 7 heteroatoms. The predicted octanol–water partition coefficient (Wildman–Crippen LogP) is 0.550. The van der Waals surface area contributed by atoms with Crippen molar-refractivity contribution in [3.05, 3.63) is 0 Å². The second-order valence-corrected chi connectivity index (χ2v) is 5.49. The van der Waals surface area contributed by atoms with E-state index in [0.29, 0.717) is 13.1 Å². The summed E-state index contributed by atoms with van der Waals surface area (Å²) in [5, 5.41) is 14.6. The van der Waals surface area contributed by atoms with Gasteiger partial charge < -0.3 is 20.6 Å². The van der Waals surface area contributed by atoms with Crippen LogP contribution in [-0.4, -0.2) is 52.1 Å². The van der Waals surface area contributed by atoms with Crippen molar-refractivity contribution < 1.29 is 19.5 Å². The second kappa shape index (κ2) is 5.68. The van der Waals surface area contributed by atoms with Crippen LogP contribution in [-0.2, 0) is 9.59 Å². The quantitative estimate of drug-likeness (QED) is 0.702. The van der Waals surface area contributed by atoms with E-state index in [9.17, 15) is 19.5 Å². The Kier molecular flexibility index (Phi) is 4.62. The summed E-state index contributed by atoms with van der Waals surface area (Å²) in [6.07, 6.45) is 0.566. The minimum atomic E-state index is -1.29. The van der Waals surface area contributed by atoms with Crippen molar-refractivity contribution in [2.75, 3.05) is 13.1 Å². The van der Waals surface area contributed by atoms with Crippen LogP contribution >= 0.6 is 0 Å². The van der Waals surface area contributed by atoms with Crippen LogP contribution in [0.3, 0.4) is 0 Å². The maximum absolute atomic E-state index is 12.4. The lowest BCUT2D eigenvalue weighted by Gasteiger charge is -2.42. The van der Waals surface area contributed by atoms with Crippen LogP contribution in [0.2, 0.25) is 0 Å². The smallest absolute Gasteiger partial charge is 0.329 e. The molecule has 114 valence electrons. The molecule has 0 radical (unpaired) electrons. The third-order valence-electron chi connectivity index (χ3n) is 4.06. The van der Waals surface area contributed by atoms with E-state index < -0.39 is 23.1 Å². The molecule has 0 aromatic carbocycles. The van der Waals surface area contributed by atoms with Crippen LogP contribution in [0.4, 0.5) is 4.79 Å². The highest BCUT2D eigenvalue weighted by molar-refractivity contribution is 5.93. The monoisotopic (exact) mass is 285 g/mol. The van der Waals surface area contributed by atoms with E-state index in [2.05, 4.69) is 10.6 Å². The zero-order valence-corrected chi connectivity index (χ0v) is 12.4. The molecule has 3 N–H and O–H groups in total. The van der Waals surface area contributed by atoms with E-state index in [-0.39, 0.29) is 18.7 Å². The zero-order valence-electron chi connectivity index (χ0n) is 12.4. The number of piperazine rings is 1. The topological polar surface area (TPSA) is 98.7 Å². The van der Waals surface area contributed by atoms with Crippen LogP contribution in [0.5, 0.6) is 0 Å². The van der Waals surface area contributed by atoms with Gasteiger partial charge in [-0.25, -0.2) is 9.59 Å². The minimum Gasteiger partial charge on any atom is -0.480 e. The molecule has 1 rings (SSSR count). The van der Waals surface area contributed by atoms with Gasteiger partial charge >= 0.3 is 12.0 Å². The molecule has 7 nitrogen and oxygen atoms in total. The average molecular weight is 285 g/mol. The summed E-state index contributed by atoms with van der Waals surface area (Å²) in [4.78, 5) is 37.0. The molecule has 0 aliphatic carbocycles. The van der Waals surface area contributed by atoms with Gasteiger partial charge in [-0.15, -0.1) is 0 Å². The van der Waals surface area contributed by atoms with Gasteiger partial charge in [0.15, 0.2) is 0 Å². The largest absolute Gasteiger partial charge is 0.480 e. The number of carbonyl (C=O) groups is 3. The predicted molar refractivity (Wildman–Crippen MR) is 73.3 cm³/mol. The Hall–Kier alpha value is -1.79. The minimum absolute atomic E-state index is 0.243. The van der Waals surface area contributed by atoms with Gasteiger partial charge in [0.25, 0.3) is 0 Å². The number of nitrogens with one attached hydrogen (secondary N) is 2. The SMILES string of the molecule is CCC(CC)(NC(=O)N1CCNC(=O)C1(C)C)C(=O)O. The summed E-state index contributed by atoms with van der Waals surface area (Å²) in [5.41, 5.74) is -2.28. The first kappa shape index (κ1) is 16.3. The lowest BCUT2D eigenvalue weighted by atomic mass is 9.92. The summed E-state index contributed by atoms with van der Waals surface area (Å²) in [6, 6.07) is -0.518. The number of carboxylic acids is 1. The summed E-state index contributed by atoms with van der Waals surface area (Å²) in [5.74, 6) is -1.30. The fourth-order valence-electron chi connectivity index (χ4n) is 2.31. The standard InChI is InChI=1S/C13H23N3O4/c1-5-13(6-2,10(18)19)15-11(20)16-8-7-14-9(17)12(16,3)4/h5-8H2,1-4H3,(H,14,17)(H,15,20)(H,18,19). The molecule has 0 bridgehead atoms. The van der Waals surface area contributed by atoms with Gasteiger partial charge in [-0.3, -0.25) is 4.79 Å². The van der Waals surface area contributed by atoms with Gasteiger partial charge in [-0.1, -0.05) is 13.8 Å². The van der Waals surface area contributed by atoms with E-state index >= 15 is 0 Å². The first-order chi connectivity index (χ1) is 9.21. The maximum Gasteiger partial charge on any atom is 0.329 e. The van der Waals surface area contributed by atoms with Crippen molar-refractivity contribution in [3.8, 4) is 0 Å². The number of carboxylic acid groups (broad SMARTS) is 1. The molecule has 1 saturated heterocycles. The molecule has 3 amide bonds. The molecule has 1 aliphatic rings. The normalized spacial score (nSPS) is 18.4. The molecular formula is C13H23N3O4. The number of amides is 3. The second-order valence-electron chi connectivity index (χ2n) is 5.49. The van der Waals surface area contributed by atoms with Gasteiger partial charge in [0.05, 0.1) is 0 Å². The third kappa shape index (κ3) is 2.71. The van der Waals surface area contributed by atoms with Crippen molar-refractivity contribution in [1.29, 1.82) is 0 Å². The molecule has 0 saturated carbocycles. The van der Waals surface area contributed by atoms with Gasteiger partial charge in [0, 0.05) is 13.1 Å². The lowest BCUT2D eigenvalue weighted by Crippen LogP contribution is -2.68. The average Bonchev–Trinajstić information content (AvgIpc) is 2.38. The summed E-state index contributed by atoms with van der Waals surface area (Å²) >= 11 is 0. The van der Waals surface area contributed by atoms with Crippen molar-refractivity contribution in [3.63, 3.8) is 0 Å². The van der Waals surface area contributed by atoms with Crippen LogP contribution in [0, 0.1) is 0 Å². The van der Waals surface area contributed by atoms with Crippen LogP contribution < -0.4 is 10.6 Å². The number of aliphatic carboxylic acids is 1. The van der Waals surface area contributed by atoms with Crippen molar-refractivity contribution in [2.45, 2.75) is 51.6 Å². The molecule has 0 unspecified atom stereocenters. The summed E-state index contributed by atoms with van der Waals surface area (Å²) in [7, 11) is 0. The molecule has 0 aromatic heterocycles. The Labute approximate surface area is 118 Å². The fourth-order valence-corrected chi connectivity index (χ4v) is 2.31. The Balaban J connectivity index is 2.94. The lowest BCUT2D eigenvalue weighted by molar-refractivity contribution is -0.145. The number of hydrogen-bond donors (Lipinski definition) is 3. The van der Waals surface area contributed by atoms with E-state index in [4.69, 9.17) is 0 Å². The Bertz CT molecular complexity index is 416. The van der Waals surface area contributed by atoms with Gasteiger partial charge in [0.1, 0.15) is 11.1 Å². The first-order valence-electron chi connectivity index (χ1n) is 6.82. The maximum atomic E-state index is 12.4. The van der Waals surface area contributed by atoms with Crippen LogP contribution in [0.1, 0.15) is 40.5 Å². The Morgan fingerprint density at radius 1 is 1.40 bits per heavy atom. The zero-order chi connectivity index (χ0) is 15.6. The molecule has 1 heterocycles. The highest BCUT2D eigenvalue weighted by Gasteiger charge is 2.44. The highest BCUT2D eigenvalue weighted by atomic mass is 16.4. The van der Waals surface area contributed by atoms with Gasteiger partial charge in [-0.2, -0.15) is 0 Å². The Morgan fingerprint density at radius 3 is 2.40 bits per heavy atom. The summed E-state index contributed by atoms with van der Waals surface area (Å²) in [6.45, 7) is 7.43. The van der Waals surface area contributed by atoms with E-state index in [1.165, 1.54) is 4.90 Å². The number of nitrogens with zero attached hydrogens (tertiary/aromatic N) is 1. The number of hydrogen-bond acceptors (Lipinski definition) is 3.